The van der Waals surface area contributed by atoms with Crippen molar-refractivity contribution in [3.8, 4) is 0 Å². The summed E-state index contributed by atoms with van der Waals surface area (Å²) in [7, 11) is 0. The van der Waals surface area contributed by atoms with Crippen molar-refractivity contribution in [1.82, 2.24) is 10.2 Å². The maximum atomic E-state index is 12.3. The number of aliphatic hydroxyl groups excluding tert-OH is 1. The van der Waals surface area contributed by atoms with Crippen LogP contribution in [-0.4, -0.2) is 47.2 Å². The van der Waals surface area contributed by atoms with E-state index in [0.717, 1.165) is 19.4 Å². The van der Waals surface area contributed by atoms with Crippen molar-refractivity contribution in [3.63, 3.8) is 0 Å². The van der Waals surface area contributed by atoms with Crippen LogP contribution in [0.4, 0.5) is 0 Å². The van der Waals surface area contributed by atoms with Crippen molar-refractivity contribution in [1.29, 1.82) is 0 Å². The topological polar surface area (TPSA) is 52.6 Å². The quantitative estimate of drug-likeness (QED) is 0.784. The molecule has 3 rings (SSSR count). The standard InChI is InChI=1S/C14H24N2O2/c17-9-13-2-1-5-16(13)14(18)8-10-6-11-3-4-12(7-10)15-11/h10-13,15,17H,1-9H2/t10?,11?,12?,13-/m0/s1. The van der Waals surface area contributed by atoms with Gasteiger partial charge in [-0.1, -0.05) is 0 Å². The van der Waals surface area contributed by atoms with Crippen LogP contribution in [0.3, 0.4) is 0 Å². The number of rotatable bonds is 3. The van der Waals surface area contributed by atoms with Crippen molar-refractivity contribution in [2.24, 2.45) is 5.92 Å². The summed E-state index contributed by atoms with van der Waals surface area (Å²) in [5.74, 6) is 0.842. The minimum absolute atomic E-state index is 0.0935. The zero-order valence-electron chi connectivity index (χ0n) is 11.0. The summed E-state index contributed by atoms with van der Waals surface area (Å²) in [5.41, 5.74) is 0. The smallest absolute Gasteiger partial charge is 0.223 e. The van der Waals surface area contributed by atoms with E-state index in [2.05, 4.69) is 5.32 Å². The average molecular weight is 252 g/mol. The lowest BCUT2D eigenvalue weighted by atomic mass is 9.89. The van der Waals surface area contributed by atoms with Crippen molar-refractivity contribution in [3.05, 3.63) is 0 Å². The molecule has 0 aliphatic carbocycles. The van der Waals surface area contributed by atoms with Gasteiger partial charge in [0.1, 0.15) is 0 Å². The first-order valence-electron chi connectivity index (χ1n) is 7.42. The van der Waals surface area contributed by atoms with Crippen LogP contribution in [0.15, 0.2) is 0 Å². The minimum Gasteiger partial charge on any atom is -0.394 e. The summed E-state index contributed by atoms with van der Waals surface area (Å²) in [5, 5.41) is 12.9. The van der Waals surface area contributed by atoms with Crippen LogP contribution in [0.5, 0.6) is 0 Å². The van der Waals surface area contributed by atoms with Crippen molar-refractivity contribution in [2.75, 3.05) is 13.2 Å². The van der Waals surface area contributed by atoms with E-state index >= 15 is 0 Å². The molecule has 18 heavy (non-hydrogen) atoms. The Morgan fingerprint density at radius 2 is 1.94 bits per heavy atom. The molecule has 3 saturated heterocycles. The van der Waals surface area contributed by atoms with Gasteiger partial charge in [-0.15, -0.1) is 0 Å². The maximum Gasteiger partial charge on any atom is 0.223 e. The number of nitrogens with zero attached hydrogens (tertiary/aromatic N) is 1. The number of nitrogens with one attached hydrogen (secondary N) is 1. The number of likely N-dealkylation sites (tertiary alicyclic amines) is 1. The molecular weight excluding hydrogens is 228 g/mol. The zero-order valence-corrected chi connectivity index (χ0v) is 11.0. The molecular formula is C14H24N2O2. The molecule has 3 atom stereocenters. The third-order valence-corrected chi connectivity index (χ3v) is 4.94. The van der Waals surface area contributed by atoms with Crippen LogP contribution >= 0.6 is 0 Å². The Kier molecular flexibility index (Phi) is 3.57. The predicted octanol–water partition coefficient (Wildman–Crippen LogP) is 0.890. The van der Waals surface area contributed by atoms with Gasteiger partial charge in [-0.05, 0) is 44.4 Å². The molecule has 4 heteroatoms. The molecule has 0 spiro atoms. The van der Waals surface area contributed by atoms with E-state index in [1.165, 1.54) is 25.7 Å². The highest BCUT2D eigenvalue weighted by Crippen LogP contribution is 2.33. The number of piperidine rings is 1. The molecule has 0 radical (unpaired) electrons. The van der Waals surface area contributed by atoms with Crippen LogP contribution in [-0.2, 0) is 4.79 Å². The van der Waals surface area contributed by atoms with Crippen LogP contribution < -0.4 is 5.32 Å². The molecule has 3 heterocycles. The van der Waals surface area contributed by atoms with Gasteiger partial charge in [0.25, 0.3) is 0 Å². The Morgan fingerprint density at radius 3 is 2.61 bits per heavy atom. The SMILES string of the molecule is O=C(CC1CC2CCC(C1)N2)N1CCC[C@H]1CO. The van der Waals surface area contributed by atoms with Gasteiger partial charge in [-0.2, -0.15) is 0 Å². The number of fused-ring (bicyclic) bond motifs is 2. The van der Waals surface area contributed by atoms with Crippen molar-refractivity contribution < 1.29 is 9.90 Å². The van der Waals surface area contributed by atoms with Gasteiger partial charge in [0.05, 0.1) is 12.6 Å². The Hall–Kier alpha value is -0.610. The number of carbonyl (C=O) groups excluding carboxylic acids is 1. The fraction of sp³-hybridized carbons (Fsp3) is 0.929. The van der Waals surface area contributed by atoms with Crippen molar-refractivity contribution >= 4 is 5.91 Å². The minimum atomic E-state index is 0.0935. The molecule has 1 amide bonds. The van der Waals surface area contributed by atoms with E-state index in [1.807, 2.05) is 4.90 Å². The van der Waals surface area contributed by atoms with Crippen LogP contribution in [0.2, 0.25) is 0 Å². The summed E-state index contributed by atoms with van der Waals surface area (Å²) in [6.45, 7) is 0.977. The molecule has 2 bridgehead atoms. The van der Waals surface area contributed by atoms with Crippen LogP contribution in [0.1, 0.15) is 44.9 Å². The number of hydrogen-bond donors (Lipinski definition) is 2. The summed E-state index contributed by atoms with van der Waals surface area (Å²) < 4.78 is 0. The molecule has 0 aromatic rings. The summed E-state index contributed by atoms with van der Waals surface area (Å²) in [6.07, 6.45) is 7.63. The van der Waals surface area contributed by atoms with Gasteiger partial charge in [-0.25, -0.2) is 0 Å². The highest BCUT2D eigenvalue weighted by molar-refractivity contribution is 5.77. The maximum absolute atomic E-state index is 12.3. The summed E-state index contributed by atoms with van der Waals surface area (Å²) in [6, 6.07) is 1.42. The molecule has 0 aromatic heterocycles. The molecule has 2 unspecified atom stereocenters. The Bertz CT molecular complexity index is 309. The molecule has 3 aliphatic rings. The third-order valence-electron chi connectivity index (χ3n) is 4.94. The lowest BCUT2D eigenvalue weighted by Gasteiger charge is -2.31. The van der Waals surface area contributed by atoms with E-state index in [-0.39, 0.29) is 18.6 Å². The number of hydrogen-bond acceptors (Lipinski definition) is 3. The number of carbonyl (C=O) groups is 1. The van der Waals surface area contributed by atoms with Crippen molar-refractivity contribution in [2.45, 2.75) is 63.1 Å². The average Bonchev–Trinajstić information content (AvgIpc) is 2.95. The highest BCUT2D eigenvalue weighted by atomic mass is 16.3. The van der Waals surface area contributed by atoms with E-state index in [4.69, 9.17) is 0 Å². The molecule has 3 aliphatic heterocycles. The van der Waals surface area contributed by atoms with E-state index in [1.54, 1.807) is 0 Å². The predicted molar refractivity (Wildman–Crippen MR) is 69.1 cm³/mol. The normalized spacial score (nSPS) is 39.3. The second kappa shape index (κ2) is 5.17. The zero-order chi connectivity index (χ0) is 12.5. The van der Waals surface area contributed by atoms with Crippen LogP contribution in [0.25, 0.3) is 0 Å². The largest absolute Gasteiger partial charge is 0.394 e. The molecule has 3 fully saturated rings. The van der Waals surface area contributed by atoms with E-state index in [9.17, 15) is 9.90 Å². The summed E-state index contributed by atoms with van der Waals surface area (Å²) >= 11 is 0. The highest BCUT2D eigenvalue weighted by Gasteiger charge is 2.36. The molecule has 2 N–H and O–H groups in total. The molecule has 0 saturated carbocycles. The van der Waals surface area contributed by atoms with Gasteiger partial charge in [0.15, 0.2) is 0 Å². The monoisotopic (exact) mass is 252 g/mol. The number of aliphatic hydroxyl groups is 1. The second-order valence-electron chi connectivity index (χ2n) is 6.25. The number of amides is 1. The van der Waals surface area contributed by atoms with Gasteiger partial charge < -0.3 is 15.3 Å². The third kappa shape index (κ3) is 2.41. The van der Waals surface area contributed by atoms with Gasteiger partial charge in [0.2, 0.25) is 5.91 Å². The lowest BCUT2D eigenvalue weighted by Crippen LogP contribution is -2.42. The lowest BCUT2D eigenvalue weighted by molar-refractivity contribution is -0.134. The molecule has 102 valence electrons. The fourth-order valence-electron chi connectivity index (χ4n) is 4.06. The first-order chi connectivity index (χ1) is 8.76. The second-order valence-corrected chi connectivity index (χ2v) is 6.25. The molecule has 0 aromatic carbocycles. The van der Waals surface area contributed by atoms with E-state index < -0.39 is 0 Å². The van der Waals surface area contributed by atoms with E-state index in [0.29, 0.717) is 24.4 Å². The van der Waals surface area contributed by atoms with Gasteiger partial charge in [0, 0.05) is 25.0 Å². The fourth-order valence-corrected chi connectivity index (χ4v) is 4.06. The van der Waals surface area contributed by atoms with Gasteiger partial charge >= 0.3 is 0 Å². The Balaban J connectivity index is 1.54. The van der Waals surface area contributed by atoms with Gasteiger partial charge in [-0.3, -0.25) is 4.79 Å². The molecule has 4 nitrogen and oxygen atoms in total. The first-order valence-corrected chi connectivity index (χ1v) is 7.42. The van der Waals surface area contributed by atoms with Crippen LogP contribution in [0, 0.1) is 5.92 Å². The first kappa shape index (κ1) is 12.4. The Morgan fingerprint density at radius 1 is 1.22 bits per heavy atom. The summed E-state index contributed by atoms with van der Waals surface area (Å²) in [4.78, 5) is 14.2. The Labute approximate surface area is 109 Å².